The van der Waals surface area contributed by atoms with Crippen LogP contribution in [0.2, 0.25) is 0 Å². The van der Waals surface area contributed by atoms with Crippen LogP contribution in [0.4, 0.5) is 0 Å². The summed E-state index contributed by atoms with van der Waals surface area (Å²) < 4.78 is 37.9. The fourth-order valence-electron chi connectivity index (χ4n) is 2.77. The molecule has 0 saturated heterocycles. The van der Waals surface area contributed by atoms with Crippen LogP contribution in [0.3, 0.4) is 0 Å². The summed E-state index contributed by atoms with van der Waals surface area (Å²) in [6.45, 7) is 0.000820. The molecule has 1 atom stereocenters. The summed E-state index contributed by atoms with van der Waals surface area (Å²) in [7, 11) is -2.86. The first-order valence-corrected chi connectivity index (χ1v) is 7.51. The maximum Gasteiger partial charge on any atom is 0.257 e. The Morgan fingerprint density at radius 3 is 2.74 bits per heavy atom. The van der Waals surface area contributed by atoms with Crippen LogP contribution in [0.15, 0.2) is 24.3 Å². The largest absolute Gasteiger partial charge is 0.462 e. The molecule has 0 aromatic heterocycles. The van der Waals surface area contributed by atoms with Gasteiger partial charge in [0.2, 0.25) is 5.79 Å². The highest BCUT2D eigenvalue weighted by molar-refractivity contribution is 7.67. The van der Waals surface area contributed by atoms with Gasteiger partial charge in [0.1, 0.15) is 11.9 Å². The van der Waals surface area contributed by atoms with Gasteiger partial charge in [-0.15, -0.1) is 0 Å². The lowest BCUT2D eigenvalue weighted by atomic mass is 10.1. The predicted octanol–water partition coefficient (Wildman–Crippen LogP) is 1.95. The Balaban J connectivity index is 1.89. The van der Waals surface area contributed by atoms with Crippen molar-refractivity contribution >= 4 is 11.0 Å². The zero-order valence-electron chi connectivity index (χ0n) is 10.4. The zero-order valence-corrected chi connectivity index (χ0v) is 11.3. The second-order valence-electron chi connectivity index (χ2n) is 4.88. The van der Waals surface area contributed by atoms with Crippen molar-refractivity contribution < 1.29 is 22.1 Å². The third kappa shape index (κ3) is 2.61. The van der Waals surface area contributed by atoms with Crippen LogP contribution in [0, 0.1) is 0 Å². The highest BCUT2D eigenvalue weighted by Gasteiger charge is 2.44. The van der Waals surface area contributed by atoms with Crippen molar-refractivity contribution in [1.82, 2.24) is 0 Å². The molecule has 1 saturated carbocycles. The Morgan fingerprint density at radius 2 is 2.00 bits per heavy atom. The molecule has 5 nitrogen and oxygen atoms in total. The highest BCUT2D eigenvalue weighted by atomic mass is 32.2. The topological polar surface area (TPSA) is 61.8 Å². The minimum Gasteiger partial charge on any atom is -0.462 e. The van der Waals surface area contributed by atoms with Crippen molar-refractivity contribution in [3.63, 3.8) is 0 Å². The molecular formula is C13H16O5S. The fraction of sp³-hybridized carbons (Fsp3) is 0.538. The summed E-state index contributed by atoms with van der Waals surface area (Å²) >= 11 is 0. The van der Waals surface area contributed by atoms with Crippen LogP contribution in [-0.4, -0.2) is 20.8 Å². The second kappa shape index (κ2) is 5.11. The number of rotatable bonds is 3. The van der Waals surface area contributed by atoms with Crippen molar-refractivity contribution in [2.45, 2.75) is 37.6 Å². The molecule has 1 spiro atoms. The maximum absolute atomic E-state index is 10.6. The van der Waals surface area contributed by atoms with E-state index >= 15 is 0 Å². The molecule has 104 valence electrons. The second-order valence-corrected chi connectivity index (χ2v) is 5.59. The van der Waals surface area contributed by atoms with E-state index in [2.05, 4.69) is 0 Å². The predicted molar refractivity (Wildman–Crippen MR) is 68.4 cm³/mol. The van der Waals surface area contributed by atoms with E-state index in [1.807, 2.05) is 24.3 Å². The van der Waals surface area contributed by atoms with Gasteiger partial charge in [-0.1, -0.05) is 18.2 Å². The molecule has 19 heavy (non-hydrogen) atoms. The smallest absolute Gasteiger partial charge is 0.257 e. The summed E-state index contributed by atoms with van der Waals surface area (Å²) in [6.07, 6.45) is 3.40. The minimum absolute atomic E-state index is 0.000820. The van der Waals surface area contributed by atoms with E-state index in [1.54, 1.807) is 0 Å². The van der Waals surface area contributed by atoms with Gasteiger partial charge in [-0.25, -0.2) is 8.42 Å². The summed E-state index contributed by atoms with van der Waals surface area (Å²) in [5.41, 5.74) is 0.844. The molecular weight excluding hydrogens is 268 g/mol. The van der Waals surface area contributed by atoms with E-state index in [4.69, 9.17) is 13.7 Å². The average molecular weight is 284 g/mol. The number of benzene rings is 1. The molecule has 0 amide bonds. The Bertz CT molecular complexity index is 526. The maximum atomic E-state index is 10.6. The molecule has 1 aliphatic carbocycles. The molecule has 1 aromatic carbocycles. The van der Waals surface area contributed by atoms with Gasteiger partial charge < -0.3 is 9.47 Å². The number of fused-ring (bicyclic) bond motifs is 1. The lowest BCUT2D eigenvalue weighted by Crippen LogP contribution is -2.42. The van der Waals surface area contributed by atoms with Gasteiger partial charge in [0.25, 0.3) is 11.0 Å². The zero-order chi connectivity index (χ0) is 13.3. The van der Waals surface area contributed by atoms with Gasteiger partial charge in [-0.3, -0.25) is 4.18 Å². The van der Waals surface area contributed by atoms with Crippen LogP contribution >= 0.6 is 0 Å². The molecule has 0 radical (unpaired) electrons. The monoisotopic (exact) mass is 284 g/mol. The normalized spacial score (nSPS) is 24.4. The van der Waals surface area contributed by atoms with Crippen molar-refractivity contribution in [2.75, 3.05) is 6.61 Å². The summed E-state index contributed by atoms with van der Waals surface area (Å²) in [4.78, 5) is 0. The average Bonchev–Trinajstić information content (AvgIpc) is 2.83. The van der Waals surface area contributed by atoms with Crippen molar-refractivity contribution in [3.05, 3.63) is 29.8 Å². The van der Waals surface area contributed by atoms with Crippen LogP contribution in [0.5, 0.6) is 5.75 Å². The molecule has 2 aliphatic rings. The van der Waals surface area contributed by atoms with Gasteiger partial charge in [0.15, 0.2) is 0 Å². The first-order chi connectivity index (χ1) is 9.19. The van der Waals surface area contributed by atoms with E-state index < -0.39 is 22.9 Å². The number of ether oxygens (including phenoxy) is 2. The van der Waals surface area contributed by atoms with Gasteiger partial charge >= 0.3 is 0 Å². The van der Waals surface area contributed by atoms with Crippen LogP contribution in [-0.2, 0) is 19.9 Å². The highest BCUT2D eigenvalue weighted by Crippen LogP contribution is 2.45. The Kier molecular flexibility index (Phi) is 3.47. The third-order valence-corrected chi connectivity index (χ3v) is 3.98. The van der Waals surface area contributed by atoms with Gasteiger partial charge in [0, 0.05) is 18.4 Å². The van der Waals surface area contributed by atoms with E-state index in [1.165, 1.54) is 0 Å². The Hall–Kier alpha value is -1.11. The van der Waals surface area contributed by atoms with E-state index in [0.29, 0.717) is 0 Å². The molecule has 6 heteroatoms. The summed E-state index contributed by atoms with van der Waals surface area (Å²) in [5.74, 6) is 0.169. The lowest BCUT2D eigenvalue weighted by molar-refractivity contribution is -0.230. The SMILES string of the molecule is O=[SH](=O)OC[C@H]1OC2(CCCC2)Oc2ccccc21. The van der Waals surface area contributed by atoms with Crippen molar-refractivity contribution in [3.8, 4) is 5.75 Å². The summed E-state index contributed by atoms with van der Waals surface area (Å²) in [6, 6.07) is 7.55. The van der Waals surface area contributed by atoms with Crippen LogP contribution in [0.1, 0.15) is 37.4 Å². The summed E-state index contributed by atoms with van der Waals surface area (Å²) in [5, 5.41) is 0. The third-order valence-electron chi connectivity index (χ3n) is 3.62. The number of para-hydroxylation sites is 1. The number of thiol groups is 1. The lowest BCUT2D eigenvalue weighted by Gasteiger charge is -2.39. The first kappa shape index (κ1) is 12.9. The standard InChI is InChI=1S/C13H16O5S/c14-19(15)16-9-12-10-5-1-2-6-11(10)17-13(18-12)7-3-4-8-13/h1-2,5-6,12,19H,3-4,7-9H2/t12-/m1/s1. The Morgan fingerprint density at radius 1 is 1.26 bits per heavy atom. The van der Waals surface area contributed by atoms with Crippen LogP contribution < -0.4 is 4.74 Å². The minimum atomic E-state index is -2.86. The molecule has 1 heterocycles. The number of hydrogen-bond donors (Lipinski definition) is 1. The molecule has 3 rings (SSSR count). The van der Waals surface area contributed by atoms with Gasteiger partial charge in [0.05, 0.1) is 6.61 Å². The quantitative estimate of drug-likeness (QED) is 0.860. The van der Waals surface area contributed by atoms with E-state index in [9.17, 15) is 8.42 Å². The number of hydrogen-bond acceptors (Lipinski definition) is 5. The van der Waals surface area contributed by atoms with E-state index in [-0.39, 0.29) is 6.61 Å². The molecule has 0 unspecified atom stereocenters. The first-order valence-electron chi connectivity index (χ1n) is 6.42. The van der Waals surface area contributed by atoms with Crippen LogP contribution in [0.25, 0.3) is 0 Å². The molecule has 0 bridgehead atoms. The molecule has 1 aliphatic heterocycles. The molecule has 1 fully saturated rings. The van der Waals surface area contributed by atoms with Gasteiger partial charge in [-0.05, 0) is 18.9 Å². The van der Waals surface area contributed by atoms with Crippen molar-refractivity contribution in [2.24, 2.45) is 0 Å². The van der Waals surface area contributed by atoms with Crippen molar-refractivity contribution in [1.29, 1.82) is 0 Å². The fourth-order valence-corrected chi connectivity index (χ4v) is 3.03. The van der Waals surface area contributed by atoms with E-state index in [0.717, 1.165) is 37.0 Å². The Labute approximate surface area is 113 Å². The van der Waals surface area contributed by atoms with Gasteiger partial charge in [-0.2, -0.15) is 0 Å². The molecule has 1 aromatic rings. The molecule has 0 N–H and O–H groups in total.